The van der Waals surface area contributed by atoms with Gasteiger partial charge < -0.3 is 10.4 Å². The number of fused-ring (bicyclic) bond motifs is 1. The van der Waals surface area contributed by atoms with Gasteiger partial charge in [0.2, 0.25) is 0 Å². The van der Waals surface area contributed by atoms with Crippen molar-refractivity contribution in [3.63, 3.8) is 0 Å². The fourth-order valence-corrected chi connectivity index (χ4v) is 2.63. The Labute approximate surface area is 107 Å². The van der Waals surface area contributed by atoms with Crippen molar-refractivity contribution in [1.29, 1.82) is 0 Å². The Hall–Kier alpha value is -1.17. The Morgan fingerprint density at radius 2 is 2.18 bits per heavy atom. The summed E-state index contributed by atoms with van der Waals surface area (Å²) in [6.07, 6.45) is 0. The van der Waals surface area contributed by atoms with Crippen LogP contribution in [0.4, 0.5) is 0 Å². The average molecular weight is 294 g/mol. The summed E-state index contributed by atoms with van der Waals surface area (Å²) in [5.41, 5.74) is 4.00. The van der Waals surface area contributed by atoms with E-state index in [-0.39, 0.29) is 6.61 Å². The maximum absolute atomic E-state index is 9.52. The van der Waals surface area contributed by atoms with Crippen LogP contribution in [-0.2, 0) is 19.7 Å². The number of hydrogen-bond acceptors (Lipinski definition) is 3. The van der Waals surface area contributed by atoms with Crippen molar-refractivity contribution in [1.82, 2.24) is 15.1 Å². The minimum absolute atomic E-state index is 0.00531. The average Bonchev–Trinajstić information content (AvgIpc) is 2.89. The zero-order valence-corrected chi connectivity index (χ0v) is 10.7. The number of benzene rings is 1. The van der Waals surface area contributed by atoms with Gasteiger partial charge in [-0.3, -0.25) is 0 Å². The van der Waals surface area contributed by atoms with E-state index < -0.39 is 0 Å². The molecule has 3 rings (SSSR count). The van der Waals surface area contributed by atoms with E-state index in [9.17, 15) is 5.11 Å². The summed E-state index contributed by atoms with van der Waals surface area (Å²) in [5, 5.41) is 17.3. The lowest BCUT2D eigenvalue weighted by Crippen LogP contribution is -2.09. The molecule has 88 valence electrons. The van der Waals surface area contributed by atoms with Crippen LogP contribution in [0.25, 0.3) is 5.69 Å². The maximum atomic E-state index is 9.52. The second kappa shape index (κ2) is 4.25. The molecule has 17 heavy (non-hydrogen) atoms. The highest BCUT2D eigenvalue weighted by Gasteiger charge is 2.22. The molecule has 1 aliphatic heterocycles. The van der Waals surface area contributed by atoms with Crippen LogP contribution in [0.1, 0.15) is 17.0 Å². The van der Waals surface area contributed by atoms with E-state index in [1.54, 1.807) is 0 Å². The van der Waals surface area contributed by atoms with Gasteiger partial charge in [0.25, 0.3) is 0 Å². The third-order valence-corrected chi connectivity index (χ3v) is 3.67. The summed E-state index contributed by atoms with van der Waals surface area (Å²) in [7, 11) is 0. The number of nitrogens with zero attached hydrogens (tertiary/aromatic N) is 2. The van der Waals surface area contributed by atoms with E-state index in [0.29, 0.717) is 0 Å². The first kappa shape index (κ1) is 11.0. The van der Waals surface area contributed by atoms with Gasteiger partial charge in [-0.2, -0.15) is 5.10 Å². The number of aliphatic hydroxyl groups is 1. The summed E-state index contributed by atoms with van der Waals surface area (Å²) >= 11 is 3.51. The van der Waals surface area contributed by atoms with Crippen LogP contribution in [0.15, 0.2) is 28.7 Å². The van der Waals surface area contributed by atoms with Crippen LogP contribution in [-0.4, -0.2) is 14.9 Å². The van der Waals surface area contributed by atoms with Crippen LogP contribution in [0.5, 0.6) is 0 Å². The molecule has 0 unspecified atom stereocenters. The molecule has 2 N–H and O–H groups in total. The van der Waals surface area contributed by atoms with Gasteiger partial charge in [0.15, 0.2) is 0 Å². The summed E-state index contributed by atoms with van der Waals surface area (Å²) in [4.78, 5) is 0. The molecular formula is C12H12BrN3O. The molecule has 0 atom stereocenters. The molecule has 0 amide bonds. The van der Waals surface area contributed by atoms with E-state index in [0.717, 1.165) is 40.2 Å². The predicted octanol–water partition coefficient (Wildman–Crippen LogP) is 1.73. The van der Waals surface area contributed by atoms with Gasteiger partial charge in [0.1, 0.15) is 0 Å². The highest BCUT2D eigenvalue weighted by Crippen LogP contribution is 2.26. The normalized spacial score (nSPS) is 14.0. The lowest BCUT2D eigenvalue weighted by Gasteiger charge is -2.09. The number of aromatic nitrogens is 2. The molecular weight excluding hydrogens is 282 g/mol. The fraction of sp³-hybridized carbons (Fsp3) is 0.250. The fourth-order valence-electron chi connectivity index (χ4n) is 2.17. The van der Waals surface area contributed by atoms with Gasteiger partial charge in [0, 0.05) is 23.1 Å². The van der Waals surface area contributed by atoms with Gasteiger partial charge in [-0.15, -0.1) is 0 Å². The minimum Gasteiger partial charge on any atom is -0.390 e. The molecule has 1 aliphatic rings. The Bertz CT molecular complexity index is 565. The Morgan fingerprint density at radius 1 is 1.35 bits per heavy atom. The number of aliphatic hydroxyl groups excluding tert-OH is 1. The number of nitrogens with one attached hydrogen (secondary N) is 1. The Kier molecular flexibility index (Phi) is 2.74. The van der Waals surface area contributed by atoms with Gasteiger partial charge in [0.05, 0.1) is 23.7 Å². The predicted molar refractivity (Wildman–Crippen MR) is 67.7 cm³/mol. The zero-order chi connectivity index (χ0) is 11.8. The molecule has 0 spiro atoms. The van der Waals surface area contributed by atoms with E-state index in [2.05, 4.69) is 26.3 Å². The van der Waals surface area contributed by atoms with Crippen molar-refractivity contribution in [2.45, 2.75) is 19.7 Å². The summed E-state index contributed by atoms with van der Waals surface area (Å²) in [6.45, 7) is 1.57. The van der Waals surface area contributed by atoms with Gasteiger partial charge >= 0.3 is 0 Å². The molecule has 1 aromatic heterocycles. The summed E-state index contributed by atoms with van der Waals surface area (Å²) in [5.74, 6) is 0. The van der Waals surface area contributed by atoms with Crippen LogP contribution in [0, 0.1) is 0 Å². The van der Waals surface area contributed by atoms with Crippen LogP contribution in [0.2, 0.25) is 0 Å². The molecule has 0 bridgehead atoms. The molecule has 0 aliphatic carbocycles. The van der Waals surface area contributed by atoms with Crippen LogP contribution in [0.3, 0.4) is 0 Å². The number of hydrogen-bond donors (Lipinski definition) is 2. The van der Waals surface area contributed by atoms with Crippen molar-refractivity contribution in [2.75, 3.05) is 0 Å². The third kappa shape index (κ3) is 1.71. The monoisotopic (exact) mass is 293 g/mol. The van der Waals surface area contributed by atoms with Gasteiger partial charge in [-0.25, -0.2) is 4.68 Å². The first-order valence-corrected chi connectivity index (χ1v) is 6.26. The standard InChI is InChI=1S/C12H12BrN3O/c13-9-3-1-2-4-11(9)16-12(7-17)8-5-14-6-10(8)15-16/h1-4,14,17H,5-7H2. The highest BCUT2D eigenvalue weighted by molar-refractivity contribution is 9.10. The molecule has 0 fully saturated rings. The molecule has 0 saturated carbocycles. The van der Waals surface area contributed by atoms with Gasteiger partial charge in [-0.1, -0.05) is 12.1 Å². The topological polar surface area (TPSA) is 50.1 Å². The van der Waals surface area contributed by atoms with Crippen molar-refractivity contribution in [2.24, 2.45) is 0 Å². The quantitative estimate of drug-likeness (QED) is 0.887. The number of rotatable bonds is 2. The highest BCUT2D eigenvalue weighted by atomic mass is 79.9. The molecule has 0 saturated heterocycles. The van der Waals surface area contributed by atoms with Crippen molar-refractivity contribution >= 4 is 15.9 Å². The van der Waals surface area contributed by atoms with Crippen molar-refractivity contribution < 1.29 is 5.11 Å². The van der Waals surface area contributed by atoms with Crippen LogP contribution < -0.4 is 5.32 Å². The lowest BCUT2D eigenvalue weighted by molar-refractivity contribution is 0.271. The largest absolute Gasteiger partial charge is 0.390 e. The first-order chi connectivity index (χ1) is 8.31. The smallest absolute Gasteiger partial charge is 0.0857 e. The van der Waals surface area contributed by atoms with E-state index in [4.69, 9.17) is 0 Å². The molecule has 5 heteroatoms. The van der Waals surface area contributed by atoms with Crippen LogP contribution >= 0.6 is 15.9 Å². The number of halogens is 1. The third-order valence-electron chi connectivity index (χ3n) is 3.00. The number of para-hydroxylation sites is 1. The minimum atomic E-state index is 0.00531. The molecule has 2 heterocycles. The zero-order valence-electron chi connectivity index (χ0n) is 9.15. The lowest BCUT2D eigenvalue weighted by atomic mass is 10.2. The SMILES string of the molecule is OCc1c2c(nn1-c1ccccc1Br)CNC2. The molecule has 1 aromatic carbocycles. The maximum Gasteiger partial charge on any atom is 0.0857 e. The van der Waals surface area contributed by atoms with E-state index in [1.807, 2.05) is 28.9 Å². The first-order valence-electron chi connectivity index (χ1n) is 5.47. The summed E-state index contributed by atoms with van der Waals surface area (Å²) < 4.78 is 2.80. The van der Waals surface area contributed by atoms with E-state index in [1.165, 1.54) is 0 Å². The molecule has 4 nitrogen and oxygen atoms in total. The van der Waals surface area contributed by atoms with Gasteiger partial charge in [-0.05, 0) is 28.1 Å². The summed E-state index contributed by atoms with van der Waals surface area (Å²) in [6, 6.07) is 7.89. The Balaban J connectivity index is 2.19. The van der Waals surface area contributed by atoms with Crippen molar-refractivity contribution in [3.05, 3.63) is 45.7 Å². The Morgan fingerprint density at radius 3 is 2.94 bits per heavy atom. The molecule has 2 aromatic rings. The second-order valence-electron chi connectivity index (χ2n) is 4.00. The molecule has 0 radical (unpaired) electrons. The van der Waals surface area contributed by atoms with Crippen molar-refractivity contribution in [3.8, 4) is 5.69 Å². The van der Waals surface area contributed by atoms with E-state index >= 15 is 0 Å². The second-order valence-corrected chi connectivity index (χ2v) is 4.85.